The van der Waals surface area contributed by atoms with Gasteiger partial charge in [-0.05, 0) is 44.9 Å². The number of hydrogen-bond acceptors (Lipinski definition) is 4. The van der Waals surface area contributed by atoms with E-state index in [1.54, 1.807) is 17.1 Å². The first-order valence-electron chi connectivity index (χ1n) is 8.06. The van der Waals surface area contributed by atoms with E-state index >= 15 is 0 Å². The molecule has 2 aromatic heterocycles. The van der Waals surface area contributed by atoms with Crippen molar-refractivity contribution in [2.75, 3.05) is 18.0 Å². The monoisotopic (exact) mass is 313 g/mol. The Kier molecular flexibility index (Phi) is 4.32. The molecule has 0 spiro atoms. The number of nitrogens with one attached hydrogen (secondary N) is 1. The molecular weight excluding hydrogens is 290 g/mol. The standard InChI is InChI=1S/C17H23N5O/c1-17(2,22-11-5-8-20-22)16(23)19-12-14-6-7-15(13-18-14)21-9-3-4-10-21/h5-8,11,13H,3-4,9-10,12H2,1-2H3,(H,19,23). The molecule has 0 radical (unpaired) electrons. The van der Waals surface area contributed by atoms with Gasteiger partial charge < -0.3 is 10.2 Å². The third-order valence-electron chi connectivity index (χ3n) is 4.34. The average molecular weight is 313 g/mol. The Morgan fingerprint density at radius 1 is 1.30 bits per heavy atom. The third-order valence-corrected chi connectivity index (χ3v) is 4.34. The van der Waals surface area contributed by atoms with Crippen molar-refractivity contribution in [3.63, 3.8) is 0 Å². The molecule has 6 heteroatoms. The molecule has 0 bridgehead atoms. The Balaban J connectivity index is 1.58. The highest BCUT2D eigenvalue weighted by atomic mass is 16.2. The molecule has 1 fully saturated rings. The molecule has 1 amide bonds. The van der Waals surface area contributed by atoms with E-state index in [9.17, 15) is 4.79 Å². The molecule has 6 nitrogen and oxygen atoms in total. The Morgan fingerprint density at radius 2 is 2.09 bits per heavy atom. The van der Waals surface area contributed by atoms with Crippen molar-refractivity contribution in [1.29, 1.82) is 0 Å². The van der Waals surface area contributed by atoms with Crippen LogP contribution < -0.4 is 10.2 Å². The molecule has 1 saturated heterocycles. The number of anilines is 1. The molecule has 1 aliphatic rings. The zero-order chi connectivity index (χ0) is 16.3. The van der Waals surface area contributed by atoms with Crippen molar-refractivity contribution in [1.82, 2.24) is 20.1 Å². The van der Waals surface area contributed by atoms with Gasteiger partial charge in [-0.3, -0.25) is 14.5 Å². The van der Waals surface area contributed by atoms with Gasteiger partial charge in [0, 0.05) is 25.5 Å². The molecule has 3 rings (SSSR count). The minimum atomic E-state index is -0.723. The predicted molar refractivity (Wildman–Crippen MR) is 89.1 cm³/mol. The predicted octanol–water partition coefficient (Wildman–Crippen LogP) is 1.93. The Labute approximate surface area is 136 Å². The maximum absolute atomic E-state index is 12.4. The zero-order valence-electron chi connectivity index (χ0n) is 13.7. The van der Waals surface area contributed by atoms with Gasteiger partial charge in [-0.2, -0.15) is 5.10 Å². The van der Waals surface area contributed by atoms with Crippen LogP contribution in [0.4, 0.5) is 5.69 Å². The summed E-state index contributed by atoms with van der Waals surface area (Å²) >= 11 is 0. The summed E-state index contributed by atoms with van der Waals surface area (Å²) in [5.41, 5.74) is 1.30. The van der Waals surface area contributed by atoms with Crippen LogP contribution in [0.5, 0.6) is 0 Å². The molecule has 0 atom stereocenters. The number of hydrogen-bond donors (Lipinski definition) is 1. The summed E-state index contributed by atoms with van der Waals surface area (Å²) in [6.45, 7) is 6.33. The fourth-order valence-electron chi connectivity index (χ4n) is 2.77. The Hall–Kier alpha value is -2.37. The summed E-state index contributed by atoms with van der Waals surface area (Å²) in [6, 6.07) is 5.88. The van der Waals surface area contributed by atoms with Crippen molar-refractivity contribution >= 4 is 11.6 Å². The highest BCUT2D eigenvalue weighted by Crippen LogP contribution is 2.19. The maximum Gasteiger partial charge on any atom is 0.247 e. The number of carbonyl (C=O) groups is 1. The molecule has 0 unspecified atom stereocenters. The van der Waals surface area contributed by atoms with Crippen molar-refractivity contribution in [3.8, 4) is 0 Å². The van der Waals surface area contributed by atoms with E-state index in [2.05, 4.69) is 26.4 Å². The first-order valence-corrected chi connectivity index (χ1v) is 8.06. The van der Waals surface area contributed by atoms with Crippen LogP contribution in [0.1, 0.15) is 32.4 Å². The zero-order valence-corrected chi connectivity index (χ0v) is 13.7. The van der Waals surface area contributed by atoms with Gasteiger partial charge in [0.2, 0.25) is 5.91 Å². The van der Waals surface area contributed by atoms with Gasteiger partial charge in [-0.15, -0.1) is 0 Å². The van der Waals surface area contributed by atoms with Crippen LogP contribution in [0.3, 0.4) is 0 Å². The van der Waals surface area contributed by atoms with E-state index in [1.165, 1.54) is 12.8 Å². The van der Waals surface area contributed by atoms with Gasteiger partial charge in [-0.25, -0.2) is 0 Å². The number of pyridine rings is 1. The largest absolute Gasteiger partial charge is 0.370 e. The number of aromatic nitrogens is 3. The second-order valence-electron chi connectivity index (χ2n) is 6.39. The van der Waals surface area contributed by atoms with Crippen LogP contribution in [0.25, 0.3) is 0 Å². The fraction of sp³-hybridized carbons (Fsp3) is 0.471. The summed E-state index contributed by atoms with van der Waals surface area (Å²) in [6.07, 6.45) is 7.86. The lowest BCUT2D eigenvalue weighted by atomic mass is 10.1. The SMILES string of the molecule is CC(C)(C(=O)NCc1ccc(N2CCCC2)cn1)n1cccn1. The lowest BCUT2D eigenvalue weighted by molar-refractivity contribution is -0.129. The molecule has 1 N–H and O–H groups in total. The van der Waals surface area contributed by atoms with Gasteiger partial charge in [0.1, 0.15) is 5.54 Å². The summed E-state index contributed by atoms with van der Waals surface area (Å²) in [5, 5.41) is 7.10. The third kappa shape index (κ3) is 3.36. The lowest BCUT2D eigenvalue weighted by Crippen LogP contribution is -2.44. The van der Waals surface area contributed by atoms with Crippen LogP contribution >= 0.6 is 0 Å². The van der Waals surface area contributed by atoms with Gasteiger partial charge >= 0.3 is 0 Å². The van der Waals surface area contributed by atoms with Crippen molar-refractivity contribution in [3.05, 3.63) is 42.5 Å². The van der Waals surface area contributed by atoms with E-state index in [0.29, 0.717) is 6.54 Å². The highest BCUT2D eigenvalue weighted by Gasteiger charge is 2.29. The van der Waals surface area contributed by atoms with Crippen LogP contribution in [0.15, 0.2) is 36.8 Å². The van der Waals surface area contributed by atoms with Crippen LogP contribution in [0.2, 0.25) is 0 Å². The smallest absolute Gasteiger partial charge is 0.247 e. The molecule has 2 aromatic rings. The summed E-state index contributed by atoms with van der Waals surface area (Å²) in [7, 11) is 0. The first kappa shape index (κ1) is 15.5. The van der Waals surface area contributed by atoms with E-state index in [1.807, 2.05) is 32.2 Å². The van der Waals surface area contributed by atoms with Gasteiger partial charge in [-0.1, -0.05) is 0 Å². The summed E-state index contributed by atoms with van der Waals surface area (Å²) in [4.78, 5) is 19.2. The molecule has 1 aliphatic heterocycles. The van der Waals surface area contributed by atoms with Crippen LogP contribution in [0, 0.1) is 0 Å². The molecule has 0 aromatic carbocycles. The summed E-state index contributed by atoms with van der Waals surface area (Å²) in [5.74, 6) is -0.0772. The molecule has 0 saturated carbocycles. The molecular formula is C17H23N5O. The Morgan fingerprint density at radius 3 is 2.70 bits per heavy atom. The van der Waals surface area contributed by atoms with Gasteiger partial charge in [0.25, 0.3) is 0 Å². The maximum atomic E-state index is 12.4. The quantitative estimate of drug-likeness (QED) is 0.916. The highest BCUT2D eigenvalue weighted by molar-refractivity contribution is 5.83. The molecule has 3 heterocycles. The molecule has 0 aliphatic carbocycles. The minimum Gasteiger partial charge on any atom is -0.370 e. The Bertz CT molecular complexity index is 642. The van der Waals surface area contributed by atoms with Crippen molar-refractivity contribution in [2.45, 2.75) is 38.8 Å². The summed E-state index contributed by atoms with van der Waals surface area (Å²) < 4.78 is 1.66. The van der Waals surface area contributed by atoms with Crippen LogP contribution in [-0.4, -0.2) is 33.8 Å². The fourth-order valence-corrected chi connectivity index (χ4v) is 2.77. The van der Waals surface area contributed by atoms with Crippen LogP contribution in [-0.2, 0) is 16.9 Å². The normalized spacial score (nSPS) is 15.0. The number of carbonyl (C=O) groups excluding carboxylic acids is 1. The van der Waals surface area contributed by atoms with Crippen molar-refractivity contribution in [2.24, 2.45) is 0 Å². The second kappa shape index (κ2) is 6.40. The van der Waals surface area contributed by atoms with E-state index in [0.717, 1.165) is 24.5 Å². The lowest BCUT2D eigenvalue weighted by Gasteiger charge is -2.24. The van der Waals surface area contributed by atoms with Gasteiger partial charge in [0.05, 0.1) is 24.1 Å². The van der Waals surface area contributed by atoms with Crippen molar-refractivity contribution < 1.29 is 4.79 Å². The number of rotatable bonds is 5. The number of amides is 1. The topological polar surface area (TPSA) is 63.1 Å². The minimum absolute atomic E-state index is 0.0772. The van der Waals surface area contributed by atoms with Gasteiger partial charge in [0.15, 0.2) is 0 Å². The van der Waals surface area contributed by atoms with E-state index in [4.69, 9.17) is 0 Å². The molecule has 122 valence electrons. The first-order chi connectivity index (χ1) is 11.1. The van der Waals surface area contributed by atoms with E-state index in [-0.39, 0.29) is 5.91 Å². The average Bonchev–Trinajstić information content (AvgIpc) is 3.26. The second-order valence-corrected chi connectivity index (χ2v) is 6.39. The van der Waals surface area contributed by atoms with E-state index < -0.39 is 5.54 Å². The molecule has 23 heavy (non-hydrogen) atoms. The number of nitrogens with zero attached hydrogens (tertiary/aromatic N) is 4.